The van der Waals surface area contributed by atoms with Crippen molar-refractivity contribution in [1.82, 2.24) is 15.5 Å². The Morgan fingerprint density at radius 2 is 2.04 bits per heavy atom. The first-order valence-electron chi connectivity index (χ1n) is 10.5. The molecule has 1 unspecified atom stereocenters. The average Bonchev–Trinajstić information content (AvgIpc) is 2.70. The van der Waals surface area contributed by atoms with Gasteiger partial charge in [-0.05, 0) is 63.7 Å². The number of nitrogens with zero attached hydrogens (tertiary/aromatic N) is 2. The molecule has 0 saturated carbocycles. The van der Waals surface area contributed by atoms with Crippen LogP contribution in [0.25, 0.3) is 0 Å². The number of aryl methyl sites for hydroxylation is 1. The lowest BCUT2D eigenvalue weighted by atomic mass is 9.96. The molecule has 0 aromatic heterocycles. The van der Waals surface area contributed by atoms with Crippen LogP contribution in [-0.2, 0) is 4.79 Å². The zero-order valence-corrected chi connectivity index (χ0v) is 17.7. The summed E-state index contributed by atoms with van der Waals surface area (Å²) in [6.45, 7) is 9.19. The highest BCUT2D eigenvalue weighted by atomic mass is 16.1. The molecule has 1 heterocycles. The standard InChI is InChI=1S/C22H37N5O/c1-17-7-6-8-20(15-17)18(2)16-26-22(24-3)25-11-4-5-12-27-13-9-19(10-14-27)21(23)28/h6-8,15,18-19H,4-5,9-14,16H2,1-3H3,(H2,23,28)(H2,24,25,26). The summed E-state index contributed by atoms with van der Waals surface area (Å²) in [5.74, 6) is 1.23. The van der Waals surface area contributed by atoms with Crippen LogP contribution in [0.2, 0.25) is 0 Å². The SMILES string of the molecule is CN=C(NCCCCN1CCC(C(N)=O)CC1)NCC(C)c1cccc(C)c1. The van der Waals surface area contributed by atoms with Gasteiger partial charge in [0.1, 0.15) is 0 Å². The Balaban J connectivity index is 1.58. The molecule has 1 aliphatic rings. The number of likely N-dealkylation sites (tertiary alicyclic amines) is 1. The third kappa shape index (κ3) is 7.50. The van der Waals surface area contributed by atoms with Crippen LogP contribution in [0.3, 0.4) is 0 Å². The molecule has 1 fully saturated rings. The fourth-order valence-corrected chi connectivity index (χ4v) is 3.67. The van der Waals surface area contributed by atoms with Gasteiger partial charge in [0, 0.05) is 26.1 Å². The highest BCUT2D eigenvalue weighted by Crippen LogP contribution is 2.17. The second-order valence-electron chi connectivity index (χ2n) is 7.92. The van der Waals surface area contributed by atoms with E-state index in [4.69, 9.17) is 5.73 Å². The fraction of sp³-hybridized carbons (Fsp3) is 0.636. The lowest BCUT2D eigenvalue weighted by molar-refractivity contribution is -0.123. The molecule has 0 spiro atoms. The fourth-order valence-electron chi connectivity index (χ4n) is 3.67. The number of carbonyl (C=O) groups is 1. The monoisotopic (exact) mass is 387 g/mol. The zero-order chi connectivity index (χ0) is 20.4. The molecule has 6 heteroatoms. The number of guanidine groups is 1. The number of aliphatic imine (C=N–C) groups is 1. The highest BCUT2D eigenvalue weighted by molar-refractivity contribution is 5.79. The number of unbranched alkanes of at least 4 members (excludes halogenated alkanes) is 1. The maximum Gasteiger partial charge on any atom is 0.220 e. The average molecular weight is 388 g/mol. The van der Waals surface area contributed by atoms with Crippen molar-refractivity contribution in [2.24, 2.45) is 16.6 Å². The van der Waals surface area contributed by atoms with E-state index in [2.05, 4.69) is 58.6 Å². The lowest BCUT2D eigenvalue weighted by Gasteiger charge is -2.30. The molecule has 1 atom stereocenters. The Bertz CT molecular complexity index is 638. The molecule has 1 aromatic rings. The number of hydrogen-bond acceptors (Lipinski definition) is 3. The molecule has 1 aromatic carbocycles. The molecular formula is C22H37N5O. The molecule has 0 radical (unpaired) electrons. The van der Waals surface area contributed by atoms with Gasteiger partial charge in [0.2, 0.25) is 5.91 Å². The molecule has 6 nitrogen and oxygen atoms in total. The van der Waals surface area contributed by atoms with Crippen molar-refractivity contribution < 1.29 is 4.79 Å². The van der Waals surface area contributed by atoms with E-state index >= 15 is 0 Å². The number of amides is 1. The molecule has 0 bridgehead atoms. The van der Waals surface area contributed by atoms with Crippen LogP contribution in [0, 0.1) is 12.8 Å². The van der Waals surface area contributed by atoms with Crippen LogP contribution in [0.5, 0.6) is 0 Å². The summed E-state index contributed by atoms with van der Waals surface area (Å²) in [7, 11) is 1.82. The van der Waals surface area contributed by atoms with Crippen LogP contribution in [-0.4, -0.2) is 56.5 Å². The molecule has 1 aliphatic heterocycles. The quantitative estimate of drug-likeness (QED) is 0.345. The summed E-state index contributed by atoms with van der Waals surface area (Å²) in [6.07, 6.45) is 4.06. The van der Waals surface area contributed by atoms with Crippen LogP contribution >= 0.6 is 0 Å². The van der Waals surface area contributed by atoms with Crippen LogP contribution in [0.15, 0.2) is 29.3 Å². The van der Waals surface area contributed by atoms with Gasteiger partial charge in [-0.15, -0.1) is 0 Å². The van der Waals surface area contributed by atoms with Crippen molar-refractivity contribution in [2.75, 3.05) is 39.8 Å². The summed E-state index contributed by atoms with van der Waals surface area (Å²) in [4.78, 5) is 18.0. The summed E-state index contributed by atoms with van der Waals surface area (Å²) in [6, 6.07) is 8.67. The van der Waals surface area contributed by atoms with Crippen molar-refractivity contribution in [3.05, 3.63) is 35.4 Å². The predicted octanol–water partition coefficient (Wildman–Crippen LogP) is 2.24. The topological polar surface area (TPSA) is 82.8 Å². The maximum absolute atomic E-state index is 11.2. The largest absolute Gasteiger partial charge is 0.369 e. The molecule has 4 N–H and O–H groups in total. The minimum absolute atomic E-state index is 0.0782. The third-order valence-corrected chi connectivity index (χ3v) is 5.59. The lowest BCUT2D eigenvalue weighted by Crippen LogP contribution is -2.40. The Morgan fingerprint density at radius 3 is 2.68 bits per heavy atom. The molecular weight excluding hydrogens is 350 g/mol. The number of nitrogens with two attached hydrogens (primary N) is 1. The molecule has 156 valence electrons. The van der Waals surface area contributed by atoms with E-state index in [-0.39, 0.29) is 11.8 Å². The van der Waals surface area contributed by atoms with E-state index in [1.165, 1.54) is 11.1 Å². The van der Waals surface area contributed by atoms with Crippen LogP contribution in [0.4, 0.5) is 0 Å². The second-order valence-corrected chi connectivity index (χ2v) is 7.92. The Labute approximate surface area is 170 Å². The number of rotatable bonds is 9. The normalized spacial score (nSPS) is 17.3. The minimum Gasteiger partial charge on any atom is -0.369 e. The molecule has 1 saturated heterocycles. The van der Waals surface area contributed by atoms with E-state index in [1.807, 2.05) is 7.05 Å². The first-order valence-corrected chi connectivity index (χ1v) is 10.5. The van der Waals surface area contributed by atoms with E-state index in [0.29, 0.717) is 5.92 Å². The van der Waals surface area contributed by atoms with E-state index in [1.54, 1.807) is 0 Å². The minimum atomic E-state index is -0.139. The second kappa shape index (κ2) is 11.7. The zero-order valence-electron chi connectivity index (χ0n) is 17.7. The Morgan fingerprint density at radius 1 is 1.29 bits per heavy atom. The smallest absolute Gasteiger partial charge is 0.220 e. The Kier molecular flexibility index (Phi) is 9.28. The maximum atomic E-state index is 11.2. The number of benzene rings is 1. The first-order chi connectivity index (χ1) is 13.5. The molecule has 1 amide bonds. The predicted molar refractivity (Wildman–Crippen MR) is 117 cm³/mol. The van der Waals surface area contributed by atoms with Crippen molar-refractivity contribution in [3.63, 3.8) is 0 Å². The number of primary amides is 1. The van der Waals surface area contributed by atoms with Gasteiger partial charge >= 0.3 is 0 Å². The van der Waals surface area contributed by atoms with Gasteiger partial charge in [-0.1, -0.05) is 36.8 Å². The third-order valence-electron chi connectivity index (χ3n) is 5.59. The van der Waals surface area contributed by atoms with Crippen molar-refractivity contribution >= 4 is 11.9 Å². The van der Waals surface area contributed by atoms with Crippen molar-refractivity contribution in [1.29, 1.82) is 0 Å². The summed E-state index contributed by atoms with van der Waals surface area (Å²) >= 11 is 0. The summed E-state index contributed by atoms with van der Waals surface area (Å²) in [5, 5.41) is 6.83. The van der Waals surface area contributed by atoms with Crippen molar-refractivity contribution in [2.45, 2.75) is 45.4 Å². The highest BCUT2D eigenvalue weighted by Gasteiger charge is 2.22. The molecule has 28 heavy (non-hydrogen) atoms. The van der Waals surface area contributed by atoms with Gasteiger partial charge < -0.3 is 21.3 Å². The molecule has 0 aliphatic carbocycles. The van der Waals surface area contributed by atoms with E-state index in [0.717, 1.165) is 64.4 Å². The van der Waals surface area contributed by atoms with Crippen molar-refractivity contribution in [3.8, 4) is 0 Å². The summed E-state index contributed by atoms with van der Waals surface area (Å²) in [5.41, 5.74) is 8.04. The van der Waals surface area contributed by atoms with Gasteiger partial charge in [0.15, 0.2) is 5.96 Å². The van der Waals surface area contributed by atoms with Gasteiger partial charge in [-0.3, -0.25) is 9.79 Å². The van der Waals surface area contributed by atoms with Crippen LogP contribution < -0.4 is 16.4 Å². The number of nitrogens with one attached hydrogen (secondary N) is 2. The number of piperidine rings is 1. The number of hydrogen-bond donors (Lipinski definition) is 3. The van der Waals surface area contributed by atoms with E-state index < -0.39 is 0 Å². The van der Waals surface area contributed by atoms with Gasteiger partial charge in [0.25, 0.3) is 0 Å². The number of carbonyl (C=O) groups excluding carboxylic acids is 1. The first kappa shape index (κ1) is 22.2. The van der Waals surface area contributed by atoms with Gasteiger partial charge in [0.05, 0.1) is 0 Å². The molecule has 2 rings (SSSR count). The Hall–Kier alpha value is -2.08. The summed E-state index contributed by atoms with van der Waals surface area (Å²) < 4.78 is 0. The van der Waals surface area contributed by atoms with E-state index in [9.17, 15) is 4.79 Å². The van der Waals surface area contributed by atoms with Gasteiger partial charge in [-0.25, -0.2) is 0 Å². The van der Waals surface area contributed by atoms with Crippen LogP contribution in [0.1, 0.15) is 49.7 Å². The van der Waals surface area contributed by atoms with Gasteiger partial charge in [-0.2, -0.15) is 0 Å².